The lowest BCUT2D eigenvalue weighted by Crippen LogP contribution is -2.51. The first-order valence-electron chi connectivity index (χ1n) is 8.32. The predicted molar refractivity (Wildman–Crippen MR) is 84.7 cm³/mol. The largest absolute Gasteiger partial charge is 0.314 e. The highest BCUT2D eigenvalue weighted by Gasteiger charge is 2.39. The first kappa shape index (κ1) is 14.1. The molecule has 0 spiro atoms. The Morgan fingerprint density at radius 2 is 2.00 bits per heavy atom. The molecule has 4 atom stereocenters. The minimum atomic E-state index is 0.563. The van der Waals surface area contributed by atoms with Gasteiger partial charge in [0, 0.05) is 31.7 Å². The van der Waals surface area contributed by atoms with Crippen LogP contribution in [0.25, 0.3) is 0 Å². The molecule has 0 bridgehead atoms. The Hall–Kier alpha value is -0.860. The summed E-state index contributed by atoms with van der Waals surface area (Å²) in [4.78, 5) is 2.80. The number of piperazine rings is 1. The highest BCUT2D eigenvalue weighted by Crippen LogP contribution is 2.40. The molecule has 1 heterocycles. The van der Waals surface area contributed by atoms with E-state index in [1.165, 1.54) is 31.4 Å². The Labute approximate surface area is 123 Å². The molecule has 1 saturated heterocycles. The fourth-order valence-electron chi connectivity index (χ4n) is 4.37. The van der Waals surface area contributed by atoms with Crippen molar-refractivity contribution in [1.82, 2.24) is 10.2 Å². The normalized spacial score (nSPS) is 35.3. The molecule has 0 radical (unpaired) electrons. The van der Waals surface area contributed by atoms with Crippen LogP contribution < -0.4 is 5.32 Å². The van der Waals surface area contributed by atoms with Gasteiger partial charge in [0.25, 0.3) is 0 Å². The molecular formula is C18H28N2. The molecule has 0 aromatic heterocycles. The molecule has 1 saturated carbocycles. The quantitative estimate of drug-likeness (QED) is 0.906. The zero-order valence-electron chi connectivity index (χ0n) is 12.9. The SMILES string of the molecule is CCC1CCC(N2CCNCC2c2ccccc2)C1C. The third-order valence-corrected chi connectivity index (χ3v) is 5.60. The van der Waals surface area contributed by atoms with E-state index in [1.807, 2.05) is 0 Å². The van der Waals surface area contributed by atoms with Crippen LogP contribution >= 0.6 is 0 Å². The number of hydrogen-bond donors (Lipinski definition) is 1. The third-order valence-electron chi connectivity index (χ3n) is 5.60. The molecule has 3 rings (SSSR count). The maximum atomic E-state index is 3.59. The molecule has 1 aromatic carbocycles. The van der Waals surface area contributed by atoms with Crippen LogP contribution in [-0.2, 0) is 0 Å². The van der Waals surface area contributed by atoms with Crippen molar-refractivity contribution in [3.8, 4) is 0 Å². The van der Waals surface area contributed by atoms with Crippen molar-refractivity contribution >= 4 is 0 Å². The van der Waals surface area contributed by atoms with Gasteiger partial charge in [-0.15, -0.1) is 0 Å². The summed E-state index contributed by atoms with van der Waals surface area (Å²) in [6.07, 6.45) is 4.16. The zero-order chi connectivity index (χ0) is 13.9. The van der Waals surface area contributed by atoms with Gasteiger partial charge in [0.15, 0.2) is 0 Å². The molecule has 1 aliphatic carbocycles. The van der Waals surface area contributed by atoms with Crippen LogP contribution in [0.2, 0.25) is 0 Å². The van der Waals surface area contributed by atoms with E-state index in [-0.39, 0.29) is 0 Å². The van der Waals surface area contributed by atoms with E-state index in [0.29, 0.717) is 6.04 Å². The molecule has 1 aliphatic heterocycles. The lowest BCUT2D eigenvalue weighted by atomic mass is 9.91. The van der Waals surface area contributed by atoms with E-state index in [4.69, 9.17) is 0 Å². The first-order chi connectivity index (χ1) is 9.81. The van der Waals surface area contributed by atoms with Crippen molar-refractivity contribution in [3.63, 3.8) is 0 Å². The molecule has 2 aliphatic rings. The summed E-state index contributed by atoms with van der Waals surface area (Å²) in [5.74, 6) is 1.79. The summed E-state index contributed by atoms with van der Waals surface area (Å²) in [6, 6.07) is 12.4. The average molecular weight is 272 g/mol. The van der Waals surface area contributed by atoms with Gasteiger partial charge in [-0.3, -0.25) is 4.90 Å². The summed E-state index contributed by atoms with van der Waals surface area (Å²) in [5, 5.41) is 3.59. The molecule has 110 valence electrons. The van der Waals surface area contributed by atoms with E-state index in [0.717, 1.165) is 31.0 Å². The summed E-state index contributed by atoms with van der Waals surface area (Å²) in [7, 11) is 0. The molecule has 0 amide bonds. The Kier molecular flexibility index (Phi) is 4.42. The van der Waals surface area contributed by atoms with Crippen molar-refractivity contribution in [3.05, 3.63) is 35.9 Å². The van der Waals surface area contributed by atoms with Crippen LogP contribution in [0.4, 0.5) is 0 Å². The monoisotopic (exact) mass is 272 g/mol. The standard InChI is InChI=1S/C18H28N2/c1-3-15-9-10-17(14(15)2)20-12-11-19-13-18(20)16-7-5-4-6-8-16/h4-8,14-15,17-19H,3,9-13H2,1-2H3. The van der Waals surface area contributed by atoms with Crippen LogP contribution in [0.5, 0.6) is 0 Å². The van der Waals surface area contributed by atoms with E-state index < -0.39 is 0 Å². The van der Waals surface area contributed by atoms with Gasteiger partial charge >= 0.3 is 0 Å². The van der Waals surface area contributed by atoms with Crippen molar-refractivity contribution in [2.75, 3.05) is 19.6 Å². The van der Waals surface area contributed by atoms with Crippen LogP contribution in [0.3, 0.4) is 0 Å². The van der Waals surface area contributed by atoms with Gasteiger partial charge in [-0.2, -0.15) is 0 Å². The van der Waals surface area contributed by atoms with Gasteiger partial charge in [0.2, 0.25) is 0 Å². The van der Waals surface area contributed by atoms with Crippen molar-refractivity contribution in [1.29, 1.82) is 0 Å². The van der Waals surface area contributed by atoms with E-state index >= 15 is 0 Å². The van der Waals surface area contributed by atoms with Gasteiger partial charge in [0.1, 0.15) is 0 Å². The van der Waals surface area contributed by atoms with Crippen molar-refractivity contribution in [2.45, 2.75) is 45.2 Å². The second kappa shape index (κ2) is 6.28. The highest BCUT2D eigenvalue weighted by molar-refractivity contribution is 5.20. The molecular weight excluding hydrogens is 244 g/mol. The van der Waals surface area contributed by atoms with Gasteiger partial charge in [-0.1, -0.05) is 50.6 Å². The first-order valence-corrected chi connectivity index (χ1v) is 8.32. The topological polar surface area (TPSA) is 15.3 Å². The number of nitrogens with one attached hydrogen (secondary N) is 1. The summed E-state index contributed by atoms with van der Waals surface area (Å²) in [6.45, 7) is 8.28. The molecule has 1 aromatic rings. The van der Waals surface area contributed by atoms with Gasteiger partial charge < -0.3 is 5.32 Å². The fraction of sp³-hybridized carbons (Fsp3) is 0.667. The molecule has 4 unspecified atom stereocenters. The lowest BCUT2D eigenvalue weighted by molar-refractivity contribution is 0.0798. The van der Waals surface area contributed by atoms with Crippen LogP contribution in [0, 0.1) is 11.8 Å². The molecule has 2 heteroatoms. The van der Waals surface area contributed by atoms with Crippen LogP contribution in [-0.4, -0.2) is 30.6 Å². The second-order valence-electron chi connectivity index (χ2n) is 6.54. The number of rotatable bonds is 3. The van der Waals surface area contributed by atoms with E-state index in [9.17, 15) is 0 Å². The molecule has 2 nitrogen and oxygen atoms in total. The number of nitrogens with zero attached hydrogens (tertiary/aromatic N) is 1. The van der Waals surface area contributed by atoms with Gasteiger partial charge in [-0.25, -0.2) is 0 Å². The van der Waals surface area contributed by atoms with Gasteiger partial charge in [-0.05, 0) is 30.2 Å². The maximum absolute atomic E-state index is 3.59. The Bertz CT molecular complexity index is 417. The smallest absolute Gasteiger partial charge is 0.0476 e. The van der Waals surface area contributed by atoms with Crippen molar-refractivity contribution in [2.24, 2.45) is 11.8 Å². The fourth-order valence-corrected chi connectivity index (χ4v) is 4.37. The lowest BCUT2D eigenvalue weighted by Gasteiger charge is -2.42. The average Bonchev–Trinajstić information content (AvgIpc) is 2.89. The summed E-state index contributed by atoms with van der Waals surface area (Å²) >= 11 is 0. The Balaban J connectivity index is 1.79. The Morgan fingerprint density at radius 1 is 1.20 bits per heavy atom. The minimum Gasteiger partial charge on any atom is -0.314 e. The van der Waals surface area contributed by atoms with E-state index in [1.54, 1.807) is 0 Å². The third kappa shape index (κ3) is 2.64. The second-order valence-corrected chi connectivity index (χ2v) is 6.54. The van der Waals surface area contributed by atoms with Gasteiger partial charge in [0.05, 0.1) is 0 Å². The maximum Gasteiger partial charge on any atom is 0.0476 e. The molecule has 20 heavy (non-hydrogen) atoms. The predicted octanol–water partition coefficient (Wildman–Crippen LogP) is 3.46. The number of hydrogen-bond acceptors (Lipinski definition) is 2. The number of benzene rings is 1. The van der Waals surface area contributed by atoms with Crippen LogP contribution in [0.15, 0.2) is 30.3 Å². The Morgan fingerprint density at radius 3 is 2.70 bits per heavy atom. The highest BCUT2D eigenvalue weighted by atomic mass is 15.2. The van der Waals surface area contributed by atoms with E-state index in [2.05, 4.69) is 54.4 Å². The zero-order valence-corrected chi connectivity index (χ0v) is 12.9. The summed E-state index contributed by atoms with van der Waals surface area (Å²) < 4.78 is 0. The molecule has 2 fully saturated rings. The van der Waals surface area contributed by atoms with Crippen molar-refractivity contribution < 1.29 is 0 Å². The van der Waals surface area contributed by atoms with Crippen LogP contribution in [0.1, 0.15) is 44.7 Å². The minimum absolute atomic E-state index is 0.563. The summed E-state index contributed by atoms with van der Waals surface area (Å²) in [5.41, 5.74) is 1.48. The molecule has 1 N–H and O–H groups in total.